The zero-order valence-electron chi connectivity index (χ0n) is 14.9. The molecule has 0 radical (unpaired) electrons. The fourth-order valence-corrected chi connectivity index (χ4v) is 3.47. The third kappa shape index (κ3) is 3.13. The Balaban J connectivity index is 1.81. The Morgan fingerprint density at radius 3 is 2.63 bits per heavy atom. The molecule has 138 valence electrons. The Bertz CT molecular complexity index is 998. The molecule has 0 saturated heterocycles. The molecule has 1 aliphatic heterocycles. The van der Waals surface area contributed by atoms with Crippen LogP contribution in [0.5, 0.6) is 11.5 Å². The monoisotopic (exact) mass is 383 g/mol. The van der Waals surface area contributed by atoms with Crippen LogP contribution in [0.15, 0.2) is 48.8 Å². The number of hydrogen-bond acceptors (Lipinski definition) is 4. The fourth-order valence-electron chi connectivity index (χ4n) is 3.34. The van der Waals surface area contributed by atoms with Crippen LogP contribution in [0.3, 0.4) is 0 Å². The number of carbonyl (C=O) groups excluding carboxylic acids is 1. The summed E-state index contributed by atoms with van der Waals surface area (Å²) in [6.07, 6.45) is 2.04. The van der Waals surface area contributed by atoms with Crippen LogP contribution in [-0.2, 0) is 4.79 Å². The van der Waals surface area contributed by atoms with Gasteiger partial charge in [-0.1, -0.05) is 23.7 Å². The molecule has 0 saturated carbocycles. The van der Waals surface area contributed by atoms with E-state index in [1.165, 1.54) is 0 Å². The van der Waals surface area contributed by atoms with Crippen LogP contribution in [-0.4, -0.2) is 29.7 Å². The number of ether oxygens (including phenoxy) is 2. The number of carbonyl (C=O) groups is 1. The fraction of sp³-hybridized carbons (Fsp3) is 0.200. The molecular formula is C20H18ClN3O3. The van der Waals surface area contributed by atoms with Gasteiger partial charge in [0.25, 0.3) is 0 Å². The Kier molecular flexibility index (Phi) is 4.49. The first-order valence-corrected chi connectivity index (χ1v) is 8.83. The molecule has 0 aliphatic carbocycles. The summed E-state index contributed by atoms with van der Waals surface area (Å²) in [5.74, 6) is 1.77. The van der Waals surface area contributed by atoms with E-state index in [4.69, 9.17) is 21.1 Å². The van der Waals surface area contributed by atoms with Crippen LogP contribution in [0.4, 0.5) is 5.82 Å². The highest BCUT2D eigenvalue weighted by atomic mass is 35.5. The van der Waals surface area contributed by atoms with Crippen LogP contribution < -0.4 is 14.8 Å². The summed E-state index contributed by atoms with van der Waals surface area (Å²) in [5.41, 5.74) is 2.58. The van der Waals surface area contributed by atoms with Crippen molar-refractivity contribution in [2.75, 3.05) is 19.5 Å². The Morgan fingerprint density at radius 1 is 1.15 bits per heavy atom. The van der Waals surface area contributed by atoms with Crippen molar-refractivity contribution >= 4 is 23.3 Å². The van der Waals surface area contributed by atoms with Gasteiger partial charge in [-0.15, -0.1) is 0 Å². The molecule has 2 heterocycles. The summed E-state index contributed by atoms with van der Waals surface area (Å²) >= 11 is 6.00. The predicted octanol–water partition coefficient (Wildman–Crippen LogP) is 4.02. The normalized spacial score (nSPS) is 15.8. The molecule has 4 rings (SSSR count). The summed E-state index contributed by atoms with van der Waals surface area (Å²) in [4.78, 5) is 17.0. The molecule has 1 amide bonds. The van der Waals surface area contributed by atoms with Crippen LogP contribution in [0.25, 0.3) is 5.69 Å². The maximum absolute atomic E-state index is 12.4. The number of nitrogens with one attached hydrogen (secondary N) is 1. The molecule has 1 aromatic heterocycles. The predicted molar refractivity (Wildman–Crippen MR) is 103 cm³/mol. The first-order valence-electron chi connectivity index (χ1n) is 8.45. The number of anilines is 1. The van der Waals surface area contributed by atoms with Crippen molar-refractivity contribution in [1.82, 2.24) is 9.55 Å². The Morgan fingerprint density at radius 2 is 1.93 bits per heavy atom. The van der Waals surface area contributed by atoms with Crippen LogP contribution >= 0.6 is 11.6 Å². The SMILES string of the molecule is COc1ccc(-n2cnc3c2NC(=O)C[C@@H]3c2ccc(Cl)cc2)c(OC)c1. The van der Waals surface area contributed by atoms with E-state index in [1.54, 1.807) is 26.6 Å². The molecule has 27 heavy (non-hydrogen) atoms. The number of fused-ring (bicyclic) bond motifs is 1. The van der Waals surface area contributed by atoms with Gasteiger partial charge in [-0.3, -0.25) is 9.36 Å². The molecule has 1 aliphatic rings. The highest BCUT2D eigenvalue weighted by molar-refractivity contribution is 6.30. The summed E-state index contributed by atoms with van der Waals surface area (Å²) in [5, 5.41) is 3.61. The second kappa shape index (κ2) is 6.96. The first-order chi connectivity index (χ1) is 13.1. The van der Waals surface area contributed by atoms with E-state index in [0.29, 0.717) is 28.8 Å². The van der Waals surface area contributed by atoms with Crippen molar-refractivity contribution in [3.63, 3.8) is 0 Å². The third-order valence-electron chi connectivity index (χ3n) is 4.69. The number of amides is 1. The summed E-state index contributed by atoms with van der Waals surface area (Å²) < 4.78 is 12.6. The van der Waals surface area contributed by atoms with E-state index in [2.05, 4.69) is 10.3 Å². The number of aromatic nitrogens is 2. The zero-order chi connectivity index (χ0) is 19.0. The van der Waals surface area contributed by atoms with E-state index in [-0.39, 0.29) is 11.8 Å². The van der Waals surface area contributed by atoms with Crippen molar-refractivity contribution in [1.29, 1.82) is 0 Å². The first kappa shape index (κ1) is 17.4. The lowest BCUT2D eigenvalue weighted by Crippen LogP contribution is -2.25. The van der Waals surface area contributed by atoms with E-state index >= 15 is 0 Å². The lowest BCUT2D eigenvalue weighted by atomic mass is 9.90. The summed E-state index contributed by atoms with van der Waals surface area (Å²) in [7, 11) is 3.20. The molecule has 0 unspecified atom stereocenters. The van der Waals surface area contributed by atoms with Gasteiger partial charge in [0.1, 0.15) is 23.6 Å². The maximum atomic E-state index is 12.4. The van der Waals surface area contributed by atoms with Crippen molar-refractivity contribution in [3.8, 4) is 17.2 Å². The number of halogens is 1. The van der Waals surface area contributed by atoms with Gasteiger partial charge in [-0.25, -0.2) is 4.98 Å². The second-order valence-corrected chi connectivity index (χ2v) is 6.68. The van der Waals surface area contributed by atoms with E-state index in [0.717, 1.165) is 16.9 Å². The number of nitrogens with zero attached hydrogens (tertiary/aromatic N) is 2. The minimum absolute atomic E-state index is 0.0586. The molecule has 3 aromatic rings. The zero-order valence-corrected chi connectivity index (χ0v) is 15.7. The van der Waals surface area contributed by atoms with E-state index in [1.807, 2.05) is 41.0 Å². The number of rotatable bonds is 4. The van der Waals surface area contributed by atoms with Crippen LogP contribution in [0.1, 0.15) is 23.6 Å². The number of methoxy groups -OCH3 is 2. The lowest BCUT2D eigenvalue weighted by Gasteiger charge is -2.24. The summed E-state index contributed by atoms with van der Waals surface area (Å²) in [6.45, 7) is 0. The molecule has 0 fully saturated rings. The standard InChI is InChI=1S/C20H18ClN3O3/c1-26-14-7-8-16(17(9-14)27-2)24-11-22-19-15(10-18(25)23-20(19)24)12-3-5-13(21)6-4-12/h3-9,11,15H,10H2,1-2H3,(H,23,25)/t15-/m1/s1. The lowest BCUT2D eigenvalue weighted by molar-refractivity contribution is -0.116. The minimum Gasteiger partial charge on any atom is -0.497 e. The van der Waals surface area contributed by atoms with Crippen LogP contribution in [0, 0.1) is 0 Å². The van der Waals surface area contributed by atoms with Gasteiger partial charge in [0, 0.05) is 23.4 Å². The summed E-state index contributed by atoms with van der Waals surface area (Å²) in [6, 6.07) is 13.0. The molecule has 1 atom stereocenters. The van der Waals surface area contributed by atoms with Crippen molar-refractivity contribution in [3.05, 3.63) is 65.1 Å². The van der Waals surface area contributed by atoms with Gasteiger partial charge < -0.3 is 14.8 Å². The minimum atomic E-state index is -0.128. The average Bonchev–Trinajstić information content (AvgIpc) is 3.11. The van der Waals surface area contributed by atoms with E-state index < -0.39 is 0 Å². The number of imidazole rings is 1. The largest absolute Gasteiger partial charge is 0.497 e. The molecule has 0 bridgehead atoms. The quantitative estimate of drug-likeness (QED) is 0.739. The highest BCUT2D eigenvalue weighted by Crippen LogP contribution is 2.39. The number of benzene rings is 2. The molecule has 2 aromatic carbocycles. The Hall–Kier alpha value is -2.99. The topological polar surface area (TPSA) is 65.4 Å². The Labute approximate surface area is 161 Å². The molecule has 0 spiro atoms. The van der Waals surface area contributed by atoms with Gasteiger partial charge in [-0.2, -0.15) is 0 Å². The van der Waals surface area contributed by atoms with Crippen LogP contribution in [0.2, 0.25) is 5.02 Å². The molecule has 6 nitrogen and oxygen atoms in total. The van der Waals surface area contributed by atoms with Crippen molar-refractivity contribution in [2.45, 2.75) is 12.3 Å². The second-order valence-electron chi connectivity index (χ2n) is 6.24. The van der Waals surface area contributed by atoms with E-state index in [9.17, 15) is 4.79 Å². The van der Waals surface area contributed by atoms with Gasteiger partial charge in [-0.05, 0) is 29.8 Å². The average molecular weight is 384 g/mol. The van der Waals surface area contributed by atoms with Gasteiger partial charge >= 0.3 is 0 Å². The third-order valence-corrected chi connectivity index (χ3v) is 4.94. The van der Waals surface area contributed by atoms with Crippen molar-refractivity contribution < 1.29 is 14.3 Å². The van der Waals surface area contributed by atoms with Gasteiger partial charge in [0.2, 0.25) is 5.91 Å². The van der Waals surface area contributed by atoms with Gasteiger partial charge in [0.05, 0.1) is 25.6 Å². The molecule has 1 N–H and O–H groups in total. The highest BCUT2D eigenvalue weighted by Gasteiger charge is 2.31. The smallest absolute Gasteiger partial charge is 0.226 e. The molecular weight excluding hydrogens is 366 g/mol. The maximum Gasteiger partial charge on any atom is 0.226 e. The molecule has 7 heteroatoms. The van der Waals surface area contributed by atoms with Gasteiger partial charge in [0.15, 0.2) is 0 Å². The number of hydrogen-bond donors (Lipinski definition) is 1. The van der Waals surface area contributed by atoms with Crippen molar-refractivity contribution in [2.24, 2.45) is 0 Å².